The molecule has 20 heavy (non-hydrogen) atoms. The molecule has 0 saturated heterocycles. The van der Waals surface area contributed by atoms with E-state index in [0.29, 0.717) is 23.9 Å². The summed E-state index contributed by atoms with van der Waals surface area (Å²) in [7, 11) is 0. The van der Waals surface area contributed by atoms with Crippen molar-refractivity contribution in [2.75, 3.05) is 13.2 Å². The predicted molar refractivity (Wildman–Crippen MR) is 83.3 cm³/mol. The van der Waals surface area contributed by atoms with Crippen molar-refractivity contribution in [2.45, 2.75) is 53.9 Å². The first kappa shape index (κ1) is 15.6. The van der Waals surface area contributed by atoms with Gasteiger partial charge in [-0.3, -0.25) is 0 Å². The van der Waals surface area contributed by atoms with Crippen LogP contribution in [0.3, 0.4) is 0 Å². The minimum Gasteiger partial charge on any atom is -0.494 e. The topological polar surface area (TPSA) is 29.5 Å². The van der Waals surface area contributed by atoms with Crippen molar-refractivity contribution in [1.82, 2.24) is 0 Å². The van der Waals surface area contributed by atoms with Crippen LogP contribution in [0.5, 0.6) is 0 Å². The Morgan fingerprint density at radius 1 is 1.25 bits per heavy atom. The standard InChI is InChI=1S/C18H30O2/c1-13-17(2,3)14-9-8-10-15(16(14)18(13,4)5)20-12-7-6-11-19/h6-7,13-14,19H,8-12H2,1-5H3. The van der Waals surface area contributed by atoms with Gasteiger partial charge in [-0.1, -0.05) is 40.7 Å². The van der Waals surface area contributed by atoms with Crippen LogP contribution < -0.4 is 0 Å². The first-order valence-corrected chi connectivity index (χ1v) is 7.95. The second kappa shape index (κ2) is 5.55. The van der Waals surface area contributed by atoms with Crippen molar-refractivity contribution in [3.63, 3.8) is 0 Å². The lowest BCUT2D eigenvalue weighted by Gasteiger charge is -2.34. The Balaban J connectivity index is 2.30. The van der Waals surface area contributed by atoms with Gasteiger partial charge in [-0.15, -0.1) is 0 Å². The zero-order chi connectivity index (χ0) is 15.0. The number of aliphatic hydroxyl groups excluding tert-OH is 1. The summed E-state index contributed by atoms with van der Waals surface area (Å²) in [4.78, 5) is 0. The maximum absolute atomic E-state index is 8.79. The van der Waals surface area contributed by atoms with E-state index in [1.807, 2.05) is 6.08 Å². The third-order valence-electron chi connectivity index (χ3n) is 5.96. The lowest BCUT2D eigenvalue weighted by Crippen LogP contribution is -2.27. The Bertz CT molecular complexity index is 415. The molecule has 0 amide bonds. The maximum Gasteiger partial charge on any atom is 0.106 e. The lowest BCUT2D eigenvalue weighted by atomic mass is 9.71. The molecule has 1 fully saturated rings. The summed E-state index contributed by atoms with van der Waals surface area (Å²) >= 11 is 0. The fourth-order valence-electron chi connectivity index (χ4n) is 4.40. The SMILES string of the molecule is CC1C(C)(C)C2=C(OCC=CCO)CCCC2C1(C)C. The highest BCUT2D eigenvalue weighted by Gasteiger charge is 2.56. The van der Waals surface area contributed by atoms with Crippen LogP contribution in [0.15, 0.2) is 23.5 Å². The first-order chi connectivity index (χ1) is 9.33. The molecule has 0 radical (unpaired) electrons. The summed E-state index contributed by atoms with van der Waals surface area (Å²) in [6.45, 7) is 12.7. The fourth-order valence-corrected chi connectivity index (χ4v) is 4.40. The van der Waals surface area contributed by atoms with Gasteiger partial charge in [-0.25, -0.2) is 0 Å². The van der Waals surface area contributed by atoms with Crippen LogP contribution in [0.2, 0.25) is 0 Å². The lowest BCUT2D eigenvalue weighted by molar-refractivity contribution is 0.148. The quantitative estimate of drug-likeness (QED) is 0.777. The van der Waals surface area contributed by atoms with Gasteiger partial charge >= 0.3 is 0 Å². The molecule has 1 N–H and O–H groups in total. The molecule has 114 valence electrons. The first-order valence-electron chi connectivity index (χ1n) is 7.95. The van der Waals surface area contributed by atoms with E-state index in [1.165, 1.54) is 18.6 Å². The average molecular weight is 278 g/mol. The molecule has 0 bridgehead atoms. The number of rotatable bonds is 4. The van der Waals surface area contributed by atoms with Crippen LogP contribution in [0.25, 0.3) is 0 Å². The van der Waals surface area contributed by atoms with E-state index >= 15 is 0 Å². The van der Waals surface area contributed by atoms with E-state index in [9.17, 15) is 0 Å². The summed E-state index contributed by atoms with van der Waals surface area (Å²) < 4.78 is 6.06. The van der Waals surface area contributed by atoms with Crippen LogP contribution in [-0.2, 0) is 4.74 Å². The fraction of sp³-hybridized carbons (Fsp3) is 0.778. The van der Waals surface area contributed by atoms with E-state index < -0.39 is 0 Å². The Labute approximate surface area is 123 Å². The second-order valence-electron chi connectivity index (χ2n) is 7.51. The molecule has 2 rings (SSSR count). The summed E-state index contributed by atoms with van der Waals surface area (Å²) in [5.74, 6) is 2.56. The molecule has 1 saturated carbocycles. The molecule has 0 aliphatic heterocycles. The number of hydrogen-bond acceptors (Lipinski definition) is 2. The Morgan fingerprint density at radius 2 is 1.95 bits per heavy atom. The number of fused-ring (bicyclic) bond motifs is 1. The average Bonchev–Trinajstić information content (AvgIpc) is 2.54. The van der Waals surface area contributed by atoms with Gasteiger partial charge in [0.25, 0.3) is 0 Å². The smallest absolute Gasteiger partial charge is 0.106 e. The summed E-state index contributed by atoms with van der Waals surface area (Å²) in [5, 5.41) is 8.79. The zero-order valence-corrected chi connectivity index (χ0v) is 13.7. The molecule has 2 aliphatic rings. The number of hydrogen-bond donors (Lipinski definition) is 1. The minimum atomic E-state index is 0.0907. The van der Waals surface area contributed by atoms with Crippen molar-refractivity contribution < 1.29 is 9.84 Å². The van der Waals surface area contributed by atoms with E-state index in [1.54, 1.807) is 11.6 Å². The van der Waals surface area contributed by atoms with Crippen LogP contribution >= 0.6 is 0 Å². The Morgan fingerprint density at radius 3 is 2.60 bits per heavy atom. The van der Waals surface area contributed by atoms with Gasteiger partial charge in [0.05, 0.1) is 12.4 Å². The molecule has 0 spiro atoms. The molecule has 0 aromatic rings. The molecule has 2 atom stereocenters. The summed E-state index contributed by atoms with van der Waals surface area (Å²) in [5.41, 5.74) is 2.15. The van der Waals surface area contributed by atoms with Gasteiger partial charge < -0.3 is 9.84 Å². The molecule has 0 heterocycles. The summed E-state index contributed by atoms with van der Waals surface area (Å²) in [6.07, 6.45) is 7.27. The van der Waals surface area contributed by atoms with Crippen molar-refractivity contribution in [3.05, 3.63) is 23.5 Å². The highest BCUT2D eigenvalue weighted by Crippen LogP contribution is 2.63. The van der Waals surface area contributed by atoms with Gasteiger partial charge in [0.1, 0.15) is 6.61 Å². The number of allylic oxidation sites excluding steroid dienone is 2. The van der Waals surface area contributed by atoms with E-state index in [-0.39, 0.29) is 12.0 Å². The maximum atomic E-state index is 8.79. The van der Waals surface area contributed by atoms with Crippen LogP contribution in [0.1, 0.15) is 53.9 Å². The molecule has 0 aromatic carbocycles. The minimum absolute atomic E-state index is 0.0907. The van der Waals surface area contributed by atoms with Gasteiger partial charge in [0.15, 0.2) is 0 Å². The van der Waals surface area contributed by atoms with Crippen LogP contribution in [0.4, 0.5) is 0 Å². The van der Waals surface area contributed by atoms with E-state index in [0.717, 1.165) is 6.42 Å². The molecular weight excluding hydrogens is 248 g/mol. The van der Waals surface area contributed by atoms with Crippen molar-refractivity contribution >= 4 is 0 Å². The van der Waals surface area contributed by atoms with Crippen molar-refractivity contribution in [1.29, 1.82) is 0 Å². The van der Waals surface area contributed by atoms with Crippen LogP contribution in [-0.4, -0.2) is 18.3 Å². The Kier molecular flexibility index (Phi) is 4.34. The molecular formula is C18H30O2. The normalized spacial score (nSPS) is 31.7. The summed E-state index contributed by atoms with van der Waals surface area (Å²) in [6, 6.07) is 0. The highest BCUT2D eigenvalue weighted by molar-refractivity contribution is 5.31. The molecule has 0 aromatic heterocycles. The van der Waals surface area contributed by atoms with Crippen molar-refractivity contribution in [3.8, 4) is 0 Å². The van der Waals surface area contributed by atoms with Gasteiger partial charge in [-0.05, 0) is 47.2 Å². The molecule has 2 aliphatic carbocycles. The Hall–Kier alpha value is -0.760. The van der Waals surface area contributed by atoms with Gasteiger partial charge in [0, 0.05) is 6.42 Å². The molecule has 2 heteroatoms. The third kappa shape index (κ3) is 2.43. The monoisotopic (exact) mass is 278 g/mol. The highest BCUT2D eigenvalue weighted by atomic mass is 16.5. The van der Waals surface area contributed by atoms with Gasteiger partial charge in [-0.2, -0.15) is 0 Å². The van der Waals surface area contributed by atoms with E-state index in [2.05, 4.69) is 34.6 Å². The second-order valence-corrected chi connectivity index (χ2v) is 7.51. The largest absolute Gasteiger partial charge is 0.494 e. The number of ether oxygens (including phenoxy) is 1. The third-order valence-corrected chi connectivity index (χ3v) is 5.96. The van der Waals surface area contributed by atoms with Gasteiger partial charge in [0.2, 0.25) is 0 Å². The van der Waals surface area contributed by atoms with E-state index in [4.69, 9.17) is 9.84 Å². The predicted octanol–water partition coefficient (Wildman–Crippen LogP) is 4.31. The molecule has 2 unspecified atom stereocenters. The zero-order valence-electron chi connectivity index (χ0n) is 13.7. The number of aliphatic hydroxyl groups is 1. The van der Waals surface area contributed by atoms with Crippen molar-refractivity contribution in [2.24, 2.45) is 22.7 Å². The molecule has 2 nitrogen and oxygen atoms in total. The van der Waals surface area contributed by atoms with Crippen LogP contribution in [0, 0.1) is 22.7 Å².